The molecule has 74 valence electrons. The molecule has 0 saturated carbocycles. The Morgan fingerprint density at radius 1 is 1.20 bits per heavy atom. The molecule has 0 saturated heterocycles. The fourth-order valence-electron chi connectivity index (χ4n) is 1.74. The van der Waals surface area contributed by atoms with Crippen molar-refractivity contribution >= 4 is 11.7 Å². The van der Waals surface area contributed by atoms with Gasteiger partial charge in [-0.3, -0.25) is 0 Å². The molecule has 0 radical (unpaired) electrons. The Bertz CT molecular complexity index is 451. The molecule has 0 atom stereocenters. The quantitative estimate of drug-likeness (QED) is 0.529. The maximum Gasteiger partial charge on any atom is 0.240 e. The van der Waals surface area contributed by atoms with Gasteiger partial charge in [0.25, 0.3) is 0 Å². The monoisotopic (exact) mass is 197 g/mol. The van der Waals surface area contributed by atoms with E-state index in [1.807, 2.05) is 42.5 Å². The summed E-state index contributed by atoms with van der Waals surface area (Å²) in [6.07, 6.45) is 7.45. The molecule has 2 heteroatoms. The molecule has 1 aliphatic carbocycles. The molecule has 2 rings (SSSR count). The van der Waals surface area contributed by atoms with Crippen molar-refractivity contribution in [1.82, 2.24) is 0 Å². The van der Waals surface area contributed by atoms with Crippen LogP contribution in [0.1, 0.15) is 18.4 Å². The summed E-state index contributed by atoms with van der Waals surface area (Å²) < 4.78 is 0. The van der Waals surface area contributed by atoms with Crippen LogP contribution in [0.2, 0.25) is 0 Å². The fourth-order valence-corrected chi connectivity index (χ4v) is 1.74. The Hall–Kier alpha value is -1.92. The van der Waals surface area contributed by atoms with Gasteiger partial charge in [0, 0.05) is 0 Å². The molecule has 0 heterocycles. The Kier molecular flexibility index (Phi) is 2.91. The number of benzene rings is 1. The van der Waals surface area contributed by atoms with Crippen molar-refractivity contribution in [3.05, 3.63) is 53.7 Å². The van der Waals surface area contributed by atoms with E-state index in [2.05, 4.69) is 4.99 Å². The lowest BCUT2D eigenvalue weighted by atomic mass is 9.95. The molecule has 0 bridgehead atoms. The van der Waals surface area contributed by atoms with Crippen molar-refractivity contribution in [3.8, 4) is 0 Å². The molecule has 1 aromatic carbocycles. The summed E-state index contributed by atoms with van der Waals surface area (Å²) in [4.78, 5) is 14.0. The summed E-state index contributed by atoms with van der Waals surface area (Å²) in [5.41, 5.74) is 3.00. The average molecular weight is 197 g/mol. The Balaban J connectivity index is 2.49. The summed E-state index contributed by atoms with van der Waals surface area (Å²) in [7, 11) is 0. The molecule has 0 fully saturated rings. The molecule has 1 aliphatic rings. The van der Waals surface area contributed by atoms with Gasteiger partial charge in [-0.25, -0.2) is 4.79 Å². The van der Waals surface area contributed by atoms with Gasteiger partial charge in [-0.05, 0) is 30.1 Å². The molecule has 0 N–H and O–H groups in total. The zero-order valence-corrected chi connectivity index (χ0v) is 8.31. The number of hydrogen-bond donors (Lipinski definition) is 0. The van der Waals surface area contributed by atoms with Gasteiger partial charge in [-0.1, -0.05) is 36.4 Å². The van der Waals surface area contributed by atoms with Crippen molar-refractivity contribution in [2.45, 2.75) is 12.8 Å². The molecule has 1 aromatic rings. The molecule has 2 nitrogen and oxygen atoms in total. The fraction of sp³-hybridized carbons (Fsp3) is 0.154. The van der Waals surface area contributed by atoms with Crippen molar-refractivity contribution in [1.29, 1.82) is 0 Å². The van der Waals surface area contributed by atoms with Gasteiger partial charge in [-0.15, -0.1) is 0 Å². The number of isocyanates is 1. The Labute approximate surface area is 88.7 Å². The Morgan fingerprint density at radius 2 is 2.00 bits per heavy atom. The molecular formula is C13H11NO. The minimum absolute atomic E-state index is 0.738. The van der Waals surface area contributed by atoms with E-state index in [0.29, 0.717) is 0 Å². The predicted molar refractivity (Wildman–Crippen MR) is 59.9 cm³/mol. The van der Waals surface area contributed by atoms with Crippen LogP contribution in [0, 0.1) is 0 Å². The average Bonchev–Trinajstić information content (AvgIpc) is 2.31. The van der Waals surface area contributed by atoms with Gasteiger partial charge >= 0.3 is 0 Å². The smallest absolute Gasteiger partial charge is 0.211 e. The molecule has 0 aromatic heterocycles. The maximum absolute atomic E-state index is 10.3. The lowest BCUT2D eigenvalue weighted by Crippen LogP contribution is -1.92. The highest BCUT2D eigenvalue weighted by atomic mass is 16.1. The van der Waals surface area contributed by atoms with Crippen LogP contribution in [-0.4, -0.2) is 6.08 Å². The minimum Gasteiger partial charge on any atom is -0.211 e. The van der Waals surface area contributed by atoms with Crippen LogP contribution in [0.3, 0.4) is 0 Å². The summed E-state index contributed by atoms with van der Waals surface area (Å²) in [6.45, 7) is 0. The van der Waals surface area contributed by atoms with E-state index in [4.69, 9.17) is 0 Å². The number of rotatable bonds is 2. The first-order valence-electron chi connectivity index (χ1n) is 4.95. The van der Waals surface area contributed by atoms with Gasteiger partial charge in [0.2, 0.25) is 6.08 Å². The first-order valence-corrected chi connectivity index (χ1v) is 4.95. The van der Waals surface area contributed by atoms with Gasteiger partial charge in [0.15, 0.2) is 0 Å². The largest absolute Gasteiger partial charge is 0.240 e. The van der Waals surface area contributed by atoms with Gasteiger partial charge in [0.05, 0.1) is 5.70 Å². The molecule has 15 heavy (non-hydrogen) atoms. The van der Waals surface area contributed by atoms with Crippen LogP contribution in [0.4, 0.5) is 0 Å². The van der Waals surface area contributed by atoms with E-state index >= 15 is 0 Å². The first-order chi connectivity index (χ1) is 7.42. The highest BCUT2D eigenvalue weighted by Gasteiger charge is 2.09. The third-order valence-electron chi connectivity index (χ3n) is 2.43. The van der Waals surface area contributed by atoms with Crippen LogP contribution in [0.5, 0.6) is 0 Å². The molecule has 0 spiro atoms. The van der Waals surface area contributed by atoms with Crippen LogP contribution in [0.25, 0.3) is 5.57 Å². The summed E-state index contributed by atoms with van der Waals surface area (Å²) in [5.74, 6) is 0. The van der Waals surface area contributed by atoms with Crippen LogP contribution < -0.4 is 0 Å². The van der Waals surface area contributed by atoms with E-state index in [1.54, 1.807) is 6.08 Å². The lowest BCUT2D eigenvalue weighted by Gasteiger charge is -2.11. The zero-order valence-electron chi connectivity index (χ0n) is 8.31. The summed E-state index contributed by atoms with van der Waals surface area (Å²) >= 11 is 0. The topological polar surface area (TPSA) is 29.4 Å². The second-order valence-electron chi connectivity index (χ2n) is 3.37. The summed E-state index contributed by atoms with van der Waals surface area (Å²) in [6, 6.07) is 10.0. The predicted octanol–water partition coefficient (Wildman–Crippen LogP) is 3.08. The Morgan fingerprint density at radius 3 is 2.73 bits per heavy atom. The van der Waals surface area contributed by atoms with Crippen molar-refractivity contribution in [2.75, 3.05) is 0 Å². The van der Waals surface area contributed by atoms with Crippen LogP contribution in [-0.2, 0) is 4.79 Å². The number of nitrogens with zero attached hydrogens (tertiary/aromatic N) is 1. The lowest BCUT2D eigenvalue weighted by molar-refractivity contribution is 0.565. The highest BCUT2D eigenvalue weighted by molar-refractivity contribution is 5.72. The van der Waals surface area contributed by atoms with E-state index in [9.17, 15) is 4.79 Å². The van der Waals surface area contributed by atoms with Gasteiger partial charge in [0.1, 0.15) is 0 Å². The molecule has 0 aliphatic heterocycles. The number of carbonyl (C=O) groups excluding carboxylic acids is 1. The standard InChI is InChI=1S/C13H11NO/c15-10-14-13-9-5-4-8-12(13)11-6-2-1-3-7-11/h1-3,5-7,9H,4,8H2. The van der Waals surface area contributed by atoms with E-state index in [1.165, 1.54) is 0 Å². The second-order valence-corrected chi connectivity index (χ2v) is 3.37. The highest BCUT2D eigenvalue weighted by Crippen LogP contribution is 2.28. The van der Waals surface area contributed by atoms with Crippen LogP contribution in [0.15, 0.2) is 53.2 Å². The number of allylic oxidation sites excluding steroid dienone is 3. The van der Waals surface area contributed by atoms with E-state index < -0.39 is 0 Å². The molecule has 0 amide bonds. The third kappa shape index (κ3) is 2.12. The van der Waals surface area contributed by atoms with E-state index in [-0.39, 0.29) is 0 Å². The number of hydrogen-bond acceptors (Lipinski definition) is 2. The van der Waals surface area contributed by atoms with E-state index in [0.717, 1.165) is 29.7 Å². The summed E-state index contributed by atoms with van der Waals surface area (Å²) in [5, 5.41) is 0. The molecular weight excluding hydrogens is 186 g/mol. The normalized spacial score (nSPS) is 14.9. The van der Waals surface area contributed by atoms with Crippen molar-refractivity contribution < 1.29 is 4.79 Å². The van der Waals surface area contributed by atoms with Crippen molar-refractivity contribution in [3.63, 3.8) is 0 Å². The zero-order chi connectivity index (χ0) is 10.5. The SMILES string of the molecule is O=C=NC1=C(c2ccccc2)CCC=C1. The van der Waals surface area contributed by atoms with Gasteiger partial charge < -0.3 is 0 Å². The molecule has 0 unspecified atom stereocenters. The number of aliphatic imine (C=N–C) groups is 1. The second kappa shape index (κ2) is 4.54. The van der Waals surface area contributed by atoms with Crippen molar-refractivity contribution in [2.24, 2.45) is 4.99 Å². The van der Waals surface area contributed by atoms with Gasteiger partial charge in [-0.2, -0.15) is 4.99 Å². The van der Waals surface area contributed by atoms with Crippen LogP contribution >= 0.6 is 0 Å². The third-order valence-corrected chi connectivity index (χ3v) is 2.43. The first kappa shape index (κ1) is 9.63. The maximum atomic E-state index is 10.3. The minimum atomic E-state index is 0.738.